The first-order valence-electron chi connectivity index (χ1n) is 7.91. The van der Waals surface area contributed by atoms with Crippen LogP contribution in [0.25, 0.3) is 6.08 Å². The van der Waals surface area contributed by atoms with Crippen LogP contribution in [0.5, 0.6) is 0 Å². The number of benzene rings is 2. The van der Waals surface area contributed by atoms with Gasteiger partial charge in [-0.05, 0) is 29.3 Å². The molecule has 0 aliphatic carbocycles. The maximum atomic E-state index is 12.2. The number of anilines is 1. The fourth-order valence-corrected chi connectivity index (χ4v) is 2.44. The van der Waals surface area contributed by atoms with Crippen LogP contribution in [0.4, 0.5) is 11.4 Å². The third kappa shape index (κ3) is 4.41. The van der Waals surface area contributed by atoms with Crippen LogP contribution in [-0.2, 0) is 11.3 Å². The van der Waals surface area contributed by atoms with Gasteiger partial charge in [-0.25, -0.2) is 0 Å². The maximum Gasteiger partial charge on any atom is 0.270 e. The molecule has 130 valence electrons. The molecule has 2 aromatic carbocycles. The first kappa shape index (κ1) is 17.1. The van der Waals surface area contributed by atoms with Crippen molar-refractivity contribution in [3.63, 3.8) is 0 Å². The molecule has 3 aromatic rings. The molecule has 3 rings (SSSR count). The minimum Gasteiger partial charge on any atom is -0.322 e. The van der Waals surface area contributed by atoms with E-state index >= 15 is 0 Å². The first-order chi connectivity index (χ1) is 12.6. The molecule has 26 heavy (non-hydrogen) atoms. The smallest absolute Gasteiger partial charge is 0.270 e. The Balaban J connectivity index is 1.70. The van der Waals surface area contributed by atoms with E-state index in [-0.39, 0.29) is 11.6 Å². The zero-order chi connectivity index (χ0) is 18.4. The van der Waals surface area contributed by atoms with Gasteiger partial charge in [0.25, 0.3) is 5.69 Å². The maximum absolute atomic E-state index is 12.2. The number of carbonyl (C=O) groups excluding carboxylic acids is 1. The largest absolute Gasteiger partial charge is 0.322 e. The van der Waals surface area contributed by atoms with Crippen molar-refractivity contribution in [2.45, 2.75) is 6.54 Å². The Hall–Kier alpha value is -3.74. The quantitative estimate of drug-likeness (QED) is 0.419. The summed E-state index contributed by atoms with van der Waals surface area (Å²) in [6, 6.07) is 15.4. The van der Waals surface area contributed by atoms with Crippen molar-refractivity contribution in [1.82, 2.24) is 9.78 Å². The molecular formula is C19H16N4O3. The van der Waals surface area contributed by atoms with Crippen LogP contribution >= 0.6 is 0 Å². The van der Waals surface area contributed by atoms with Gasteiger partial charge in [-0.15, -0.1) is 0 Å². The van der Waals surface area contributed by atoms with E-state index in [4.69, 9.17) is 0 Å². The molecule has 0 radical (unpaired) electrons. The zero-order valence-corrected chi connectivity index (χ0v) is 13.8. The van der Waals surface area contributed by atoms with Gasteiger partial charge in [-0.2, -0.15) is 5.10 Å². The van der Waals surface area contributed by atoms with Crippen molar-refractivity contribution in [3.05, 3.63) is 94.3 Å². The van der Waals surface area contributed by atoms with Gasteiger partial charge < -0.3 is 5.32 Å². The summed E-state index contributed by atoms with van der Waals surface area (Å²) in [7, 11) is 0. The SMILES string of the molecule is O=C(/C=C/c1cccc([N+](=O)[O-])c1)Nc1ccccc1Cn1cccn1. The van der Waals surface area contributed by atoms with Gasteiger partial charge in [-0.3, -0.25) is 19.6 Å². The highest BCUT2D eigenvalue weighted by molar-refractivity contribution is 6.02. The highest BCUT2D eigenvalue weighted by Crippen LogP contribution is 2.17. The summed E-state index contributed by atoms with van der Waals surface area (Å²) in [5.41, 5.74) is 2.18. The number of non-ortho nitro benzene ring substituents is 1. The van der Waals surface area contributed by atoms with E-state index in [9.17, 15) is 14.9 Å². The second-order valence-electron chi connectivity index (χ2n) is 5.54. The summed E-state index contributed by atoms with van der Waals surface area (Å²) in [5, 5.41) is 17.8. The second kappa shape index (κ2) is 7.89. The molecule has 0 fully saturated rings. The van der Waals surface area contributed by atoms with E-state index in [0.29, 0.717) is 17.8 Å². The van der Waals surface area contributed by atoms with Crippen molar-refractivity contribution in [1.29, 1.82) is 0 Å². The molecule has 0 aliphatic heterocycles. The standard InChI is InChI=1S/C19H16N4O3/c24-19(10-9-15-5-3-7-17(13-15)23(25)26)21-18-8-2-1-6-16(18)14-22-12-4-11-20-22/h1-13H,14H2,(H,21,24)/b10-9+. The lowest BCUT2D eigenvalue weighted by atomic mass is 10.1. The Morgan fingerprint density at radius 3 is 2.81 bits per heavy atom. The molecule has 7 nitrogen and oxygen atoms in total. The molecule has 0 saturated heterocycles. The monoisotopic (exact) mass is 348 g/mol. The number of amides is 1. The van der Waals surface area contributed by atoms with Gasteiger partial charge in [-0.1, -0.05) is 30.3 Å². The highest BCUT2D eigenvalue weighted by Gasteiger charge is 2.06. The lowest BCUT2D eigenvalue weighted by Crippen LogP contribution is -2.11. The number of hydrogen-bond acceptors (Lipinski definition) is 4. The Bertz CT molecular complexity index is 949. The van der Waals surface area contributed by atoms with E-state index < -0.39 is 4.92 Å². The third-order valence-corrected chi connectivity index (χ3v) is 3.67. The topological polar surface area (TPSA) is 90.1 Å². The van der Waals surface area contributed by atoms with Gasteiger partial charge in [0.15, 0.2) is 0 Å². The van der Waals surface area contributed by atoms with Crippen LogP contribution < -0.4 is 5.32 Å². The first-order valence-corrected chi connectivity index (χ1v) is 7.91. The Morgan fingerprint density at radius 1 is 1.19 bits per heavy atom. The van der Waals surface area contributed by atoms with Crippen LogP contribution in [0.1, 0.15) is 11.1 Å². The van der Waals surface area contributed by atoms with Crippen molar-refractivity contribution in [2.75, 3.05) is 5.32 Å². The van der Waals surface area contributed by atoms with Crippen LogP contribution in [0, 0.1) is 10.1 Å². The lowest BCUT2D eigenvalue weighted by molar-refractivity contribution is -0.384. The highest BCUT2D eigenvalue weighted by atomic mass is 16.6. The number of hydrogen-bond donors (Lipinski definition) is 1. The molecule has 0 unspecified atom stereocenters. The van der Waals surface area contributed by atoms with Crippen LogP contribution in [0.3, 0.4) is 0 Å². The van der Waals surface area contributed by atoms with E-state index in [1.807, 2.05) is 36.5 Å². The Morgan fingerprint density at radius 2 is 2.04 bits per heavy atom. The van der Waals surface area contributed by atoms with Gasteiger partial charge >= 0.3 is 0 Å². The summed E-state index contributed by atoms with van der Waals surface area (Å²) in [4.78, 5) is 22.5. The molecule has 1 heterocycles. The van der Waals surface area contributed by atoms with Crippen LogP contribution in [0.2, 0.25) is 0 Å². The molecule has 1 N–H and O–H groups in total. The third-order valence-electron chi connectivity index (χ3n) is 3.67. The molecular weight excluding hydrogens is 332 g/mol. The van der Waals surface area contributed by atoms with Crippen molar-refractivity contribution in [2.24, 2.45) is 0 Å². The molecule has 0 aliphatic rings. The number of carbonyl (C=O) groups is 1. The number of nitrogens with one attached hydrogen (secondary N) is 1. The number of nitrogens with zero attached hydrogens (tertiary/aromatic N) is 3. The Kier molecular flexibility index (Phi) is 5.19. The van der Waals surface area contributed by atoms with Gasteiger partial charge in [0, 0.05) is 36.3 Å². The summed E-state index contributed by atoms with van der Waals surface area (Å²) >= 11 is 0. The van der Waals surface area contributed by atoms with E-state index in [2.05, 4.69) is 10.4 Å². The number of para-hydroxylation sites is 1. The number of nitro groups is 1. The molecule has 1 aromatic heterocycles. The van der Waals surface area contributed by atoms with Crippen LogP contribution in [0.15, 0.2) is 73.1 Å². The fourth-order valence-electron chi connectivity index (χ4n) is 2.44. The average Bonchev–Trinajstić information content (AvgIpc) is 3.15. The number of aromatic nitrogens is 2. The normalized spacial score (nSPS) is 10.8. The lowest BCUT2D eigenvalue weighted by Gasteiger charge is -2.10. The molecule has 0 saturated carbocycles. The molecule has 0 bridgehead atoms. The minimum absolute atomic E-state index is 0.0165. The van der Waals surface area contributed by atoms with Crippen molar-refractivity contribution >= 4 is 23.4 Å². The number of rotatable bonds is 6. The fraction of sp³-hybridized carbons (Fsp3) is 0.0526. The van der Waals surface area contributed by atoms with E-state index in [0.717, 1.165) is 5.56 Å². The molecule has 1 amide bonds. The van der Waals surface area contributed by atoms with Crippen LogP contribution in [-0.4, -0.2) is 20.6 Å². The van der Waals surface area contributed by atoms with Crippen molar-refractivity contribution < 1.29 is 9.72 Å². The summed E-state index contributed by atoms with van der Waals surface area (Å²) in [6.45, 7) is 0.540. The van der Waals surface area contributed by atoms with E-state index in [1.54, 1.807) is 29.1 Å². The van der Waals surface area contributed by atoms with Gasteiger partial charge in [0.05, 0.1) is 11.5 Å². The van der Waals surface area contributed by atoms with Crippen molar-refractivity contribution in [3.8, 4) is 0 Å². The zero-order valence-electron chi connectivity index (χ0n) is 13.8. The second-order valence-corrected chi connectivity index (χ2v) is 5.54. The van der Waals surface area contributed by atoms with Gasteiger partial charge in [0.2, 0.25) is 5.91 Å². The Labute approximate surface area is 149 Å². The molecule has 0 spiro atoms. The van der Waals surface area contributed by atoms with Gasteiger partial charge in [0.1, 0.15) is 0 Å². The molecule has 0 atom stereocenters. The summed E-state index contributed by atoms with van der Waals surface area (Å²) in [6.07, 6.45) is 6.44. The van der Waals surface area contributed by atoms with E-state index in [1.165, 1.54) is 18.2 Å². The number of nitro benzene ring substituents is 1. The molecule has 7 heteroatoms. The average molecular weight is 348 g/mol. The summed E-state index contributed by atoms with van der Waals surface area (Å²) in [5.74, 6) is -0.315. The predicted molar refractivity (Wildman–Crippen MR) is 98.5 cm³/mol. The minimum atomic E-state index is -0.469. The summed E-state index contributed by atoms with van der Waals surface area (Å²) < 4.78 is 1.77. The predicted octanol–water partition coefficient (Wildman–Crippen LogP) is 3.49.